The van der Waals surface area contributed by atoms with E-state index in [1.165, 1.54) is 0 Å². The molecule has 1 atom stereocenters. The van der Waals surface area contributed by atoms with Gasteiger partial charge in [0.1, 0.15) is 5.82 Å². The molecule has 0 spiro atoms. The van der Waals surface area contributed by atoms with Crippen LogP contribution in [0.3, 0.4) is 0 Å². The number of methoxy groups -OCH3 is 1. The third-order valence-electron chi connectivity index (χ3n) is 5.77. The average molecular weight is 434 g/mol. The summed E-state index contributed by atoms with van der Waals surface area (Å²) < 4.78 is 11.0. The van der Waals surface area contributed by atoms with Gasteiger partial charge in [0, 0.05) is 24.2 Å². The molecule has 1 aliphatic rings. The fraction of sp³-hybridized carbons (Fsp3) is 0.320. The number of hydrogen-bond donors (Lipinski definition) is 1. The van der Waals surface area contributed by atoms with Gasteiger partial charge in [0.05, 0.1) is 13.2 Å². The molecule has 2 aromatic carbocycles. The lowest BCUT2D eigenvalue weighted by Crippen LogP contribution is -2.36. The van der Waals surface area contributed by atoms with Crippen molar-refractivity contribution >= 4 is 5.91 Å². The molecule has 1 saturated heterocycles. The Morgan fingerprint density at radius 2 is 1.84 bits per heavy atom. The molecule has 0 bridgehead atoms. The number of carbonyl (C=O) groups is 1. The van der Waals surface area contributed by atoms with E-state index in [4.69, 9.17) is 9.47 Å². The minimum absolute atomic E-state index is 0.105. The van der Waals surface area contributed by atoms with Crippen LogP contribution in [0.25, 0.3) is 0 Å². The molecule has 7 heteroatoms. The van der Waals surface area contributed by atoms with Crippen LogP contribution in [-0.2, 0) is 11.2 Å². The number of ether oxygens (including phenoxy) is 2. The summed E-state index contributed by atoms with van der Waals surface area (Å²) in [7, 11) is 1.56. The summed E-state index contributed by atoms with van der Waals surface area (Å²) in [6, 6.07) is 16.8. The number of amides is 1. The van der Waals surface area contributed by atoms with Crippen molar-refractivity contribution in [3.8, 4) is 11.5 Å². The monoisotopic (exact) mass is 433 g/mol. The van der Waals surface area contributed by atoms with Crippen LogP contribution in [0.15, 0.2) is 59.4 Å². The summed E-state index contributed by atoms with van der Waals surface area (Å²) in [4.78, 5) is 35.1. The van der Waals surface area contributed by atoms with Gasteiger partial charge in [0.25, 0.3) is 11.5 Å². The van der Waals surface area contributed by atoms with E-state index in [1.807, 2.05) is 49.4 Å². The highest BCUT2D eigenvalue weighted by Gasteiger charge is 2.32. The predicted octanol–water partition coefficient (Wildman–Crippen LogP) is 3.42. The number of aromatic amines is 1. The van der Waals surface area contributed by atoms with E-state index in [0.29, 0.717) is 41.5 Å². The van der Waals surface area contributed by atoms with Gasteiger partial charge in [-0.05, 0) is 37.5 Å². The summed E-state index contributed by atoms with van der Waals surface area (Å²) in [6.07, 6.45) is 2.12. The van der Waals surface area contributed by atoms with Crippen molar-refractivity contribution in [1.82, 2.24) is 14.9 Å². The number of nitrogens with one attached hydrogen (secondary N) is 1. The van der Waals surface area contributed by atoms with E-state index in [2.05, 4.69) is 9.97 Å². The van der Waals surface area contributed by atoms with Crippen molar-refractivity contribution < 1.29 is 14.3 Å². The number of hydrogen-bond acceptors (Lipinski definition) is 5. The highest BCUT2D eigenvalue weighted by atomic mass is 16.5. The van der Waals surface area contributed by atoms with Gasteiger partial charge >= 0.3 is 0 Å². The zero-order valence-electron chi connectivity index (χ0n) is 18.3. The lowest BCUT2D eigenvalue weighted by atomic mass is 10.0. The van der Waals surface area contributed by atoms with Crippen molar-refractivity contribution in [2.75, 3.05) is 20.3 Å². The van der Waals surface area contributed by atoms with Crippen LogP contribution in [0.2, 0.25) is 0 Å². The molecule has 0 unspecified atom stereocenters. The molecule has 4 rings (SSSR count). The summed E-state index contributed by atoms with van der Waals surface area (Å²) in [5.74, 6) is 1.49. The summed E-state index contributed by atoms with van der Waals surface area (Å²) in [5.41, 5.74) is 2.25. The molecule has 1 amide bonds. The molecule has 3 aromatic rings. The fourth-order valence-corrected chi connectivity index (χ4v) is 4.11. The van der Waals surface area contributed by atoms with Crippen LogP contribution >= 0.6 is 0 Å². The maximum atomic E-state index is 12.9. The number of nitrogens with zero attached hydrogens (tertiary/aromatic N) is 2. The van der Waals surface area contributed by atoms with Crippen molar-refractivity contribution in [2.24, 2.45) is 0 Å². The standard InChI is InChI=1S/C25H27N3O4/c1-17-19(15-18-9-4-3-5-10-18)25(30)27-24(26-17)20-11-8-14-28(20)23(29)16-32-22-13-7-6-12-21(22)31-2/h3-7,9-10,12-13,20H,8,11,14-16H2,1-2H3,(H,26,27,30)/t20-/m0/s1. The normalized spacial score (nSPS) is 15.6. The molecule has 0 radical (unpaired) electrons. The lowest BCUT2D eigenvalue weighted by Gasteiger charge is -2.24. The van der Waals surface area contributed by atoms with E-state index in [-0.39, 0.29) is 24.1 Å². The highest BCUT2D eigenvalue weighted by Crippen LogP contribution is 2.31. The van der Waals surface area contributed by atoms with E-state index < -0.39 is 0 Å². The maximum Gasteiger partial charge on any atom is 0.261 e. The molecule has 7 nitrogen and oxygen atoms in total. The minimum Gasteiger partial charge on any atom is -0.493 e. The topological polar surface area (TPSA) is 84.5 Å². The third-order valence-corrected chi connectivity index (χ3v) is 5.77. The Morgan fingerprint density at radius 3 is 2.56 bits per heavy atom. The van der Waals surface area contributed by atoms with Crippen LogP contribution < -0.4 is 15.0 Å². The van der Waals surface area contributed by atoms with Crippen LogP contribution in [0.4, 0.5) is 0 Å². The van der Waals surface area contributed by atoms with Gasteiger partial charge in [-0.1, -0.05) is 42.5 Å². The van der Waals surface area contributed by atoms with Gasteiger partial charge in [0.2, 0.25) is 0 Å². The third kappa shape index (κ3) is 4.66. The quantitative estimate of drug-likeness (QED) is 0.617. The second-order valence-corrected chi connectivity index (χ2v) is 7.86. The second-order valence-electron chi connectivity index (χ2n) is 7.86. The number of aromatic nitrogens is 2. The largest absolute Gasteiger partial charge is 0.493 e. The number of H-pyrrole nitrogens is 1. The number of carbonyl (C=O) groups excluding carboxylic acids is 1. The van der Waals surface area contributed by atoms with Crippen molar-refractivity contribution in [3.63, 3.8) is 0 Å². The first-order valence-corrected chi connectivity index (χ1v) is 10.8. The molecular formula is C25H27N3O4. The molecule has 0 aliphatic carbocycles. The SMILES string of the molecule is COc1ccccc1OCC(=O)N1CCC[C@H]1c1nc(C)c(Cc2ccccc2)c(=O)[nH]1. The predicted molar refractivity (Wildman–Crippen MR) is 121 cm³/mol. The van der Waals surface area contributed by atoms with Crippen molar-refractivity contribution in [3.05, 3.63) is 87.6 Å². The van der Waals surface area contributed by atoms with Gasteiger partial charge < -0.3 is 19.4 Å². The summed E-state index contributed by atoms with van der Waals surface area (Å²) in [5, 5.41) is 0. The second kappa shape index (κ2) is 9.68. The highest BCUT2D eigenvalue weighted by molar-refractivity contribution is 5.78. The Morgan fingerprint density at radius 1 is 1.12 bits per heavy atom. The molecule has 1 N–H and O–H groups in total. The van der Waals surface area contributed by atoms with Crippen molar-refractivity contribution in [1.29, 1.82) is 0 Å². The van der Waals surface area contributed by atoms with Crippen LogP contribution in [0, 0.1) is 6.92 Å². The number of benzene rings is 2. The van der Waals surface area contributed by atoms with Gasteiger partial charge in [-0.25, -0.2) is 4.98 Å². The zero-order chi connectivity index (χ0) is 22.5. The fourth-order valence-electron chi connectivity index (χ4n) is 4.11. The number of likely N-dealkylation sites (tertiary alicyclic amines) is 1. The van der Waals surface area contributed by atoms with Gasteiger partial charge in [-0.15, -0.1) is 0 Å². The molecule has 1 aliphatic heterocycles. The Bertz CT molecular complexity index is 1140. The average Bonchev–Trinajstić information content (AvgIpc) is 3.31. The van der Waals surface area contributed by atoms with Crippen molar-refractivity contribution in [2.45, 2.75) is 32.2 Å². The van der Waals surface area contributed by atoms with Gasteiger partial charge in [0.15, 0.2) is 18.1 Å². The number of aryl methyl sites for hydroxylation is 1. The smallest absolute Gasteiger partial charge is 0.261 e. The molecule has 1 fully saturated rings. The first-order valence-electron chi connectivity index (χ1n) is 10.8. The zero-order valence-corrected chi connectivity index (χ0v) is 18.3. The Kier molecular flexibility index (Phi) is 6.54. The summed E-state index contributed by atoms with van der Waals surface area (Å²) >= 11 is 0. The van der Waals surface area contributed by atoms with Gasteiger partial charge in [-0.2, -0.15) is 0 Å². The van der Waals surface area contributed by atoms with E-state index in [1.54, 1.807) is 24.1 Å². The molecule has 2 heterocycles. The van der Waals surface area contributed by atoms with E-state index in [9.17, 15) is 9.59 Å². The Hall–Kier alpha value is -3.61. The first-order chi connectivity index (χ1) is 15.6. The molecule has 1 aromatic heterocycles. The van der Waals surface area contributed by atoms with Crippen LogP contribution in [-0.4, -0.2) is 41.0 Å². The molecule has 0 saturated carbocycles. The van der Waals surface area contributed by atoms with E-state index in [0.717, 1.165) is 18.4 Å². The number of rotatable bonds is 7. The minimum atomic E-state index is -0.263. The maximum absolute atomic E-state index is 12.9. The molecular weight excluding hydrogens is 406 g/mol. The first kappa shape index (κ1) is 21.6. The van der Waals surface area contributed by atoms with E-state index >= 15 is 0 Å². The summed E-state index contributed by atoms with van der Waals surface area (Å²) in [6.45, 7) is 2.35. The molecule has 32 heavy (non-hydrogen) atoms. The number of para-hydroxylation sites is 2. The van der Waals surface area contributed by atoms with Crippen LogP contribution in [0.1, 0.15) is 41.5 Å². The van der Waals surface area contributed by atoms with Crippen LogP contribution in [0.5, 0.6) is 11.5 Å². The Labute approximate surface area is 187 Å². The Balaban J connectivity index is 1.49. The lowest BCUT2D eigenvalue weighted by molar-refractivity contribution is -0.134. The van der Waals surface area contributed by atoms with Gasteiger partial charge in [-0.3, -0.25) is 9.59 Å². The molecule has 166 valence electrons.